The summed E-state index contributed by atoms with van der Waals surface area (Å²) in [5, 5.41) is 11.0. The van der Waals surface area contributed by atoms with E-state index in [0.717, 1.165) is 0 Å². The predicted molar refractivity (Wildman–Crippen MR) is 73.2 cm³/mol. The van der Waals surface area contributed by atoms with E-state index in [0.29, 0.717) is 0 Å². The maximum Gasteiger partial charge on any atom is 0.322 e. The van der Waals surface area contributed by atoms with Crippen molar-refractivity contribution >= 4 is 11.9 Å². The van der Waals surface area contributed by atoms with Gasteiger partial charge in [-0.1, -0.05) is 0 Å². The van der Waals surface area contributed by atoms with E-state index in [9.17, 15) is 9.59 Å². The molecule has 0 saturated carbocycles. The van der Waals surface area contributed by atoms with Crippen LogP contribution in [-0.4, -0.2) is 65.8 Å². The number of carboxylic acid groups (broad SMARTS) is 1. The Kier molecular flexibility index (Phi) is 3.88. The van der Waals surface area contributed by atoms with E-state index in [2.05, 4.69) is 5.32 Å². The van der Waals surface area contributed by atoms with Gasteiger partial charge in [-0.15, -0.1) is 0 Å². The molecule has 0 spiro atoms. The van der Waals surface area contributed by atoms with Crippen molar-refractivity contribution in [2.24, 2.45) is 0 Å². The largest absolute Gasteiger partial charge is 0.480 e. The number of carbonyl (C=O) groups is 2. The van der Waals surface area contributed by atoms with E-state index < -0.39 is 60.7 Å². The Balaban J connectivity index is 1.81. The number of amides is 1. The summed E-state index contributed by atoms with van der Waals surface area (Å²) in [5.41, 5.74) is 0. The van der Waals surface area contributed by atoms with Crippen molar-refractivity contribution in [3.63, 3.8) is 0 Å². The van der Waals surface area contributed by atoms with Gasteiger partial charge in [0.05, 0.1) is 0 Å². The second-order valence-corrected chi connectivity index (χ2v) is 6.70. The molecule has 130 valence electrons. The Hall–Kier alpha value is -1.26. The van der Waals surface area contributed by atoms with Crippen LogP contribution in [0.1, 0.15) is 27.7 Å². The Morgan fingerprint density at radius 2 is 1.52 bits per heavy atom. The number of aliphatic carboxylic acids is 1. The van der Waals surface area contributed by atoms with Gasteiger partial charge in [0.25, 0.3) is 5.91 Å². The highest BCUT2D eigenvalue weighted by atomic mass is 16.9. The van der Waals surface area contributed by atoms with Crippen LogP contribution in [-0.2, 0) is 33.3 Å². The lowest BCUT2D eigenvalue weighted by Gasteiger charge is -2.36. The minimum absolute atomic E-state index is 0.503. The third-order valence-electron chi connectivity index (χ3n) is 3.83. The molecular weight excluding hydrogens is 310 g/mol. The van der Waals surface area contributed by atoms with Gasteiger partial charge in [-0.2, -0.15) is 0 Å². The highest BCUT2D eigenvalue weighted by Crippen LogP contribution is 2.44. The van der Waals surface area contributed by atoms with E-state index in [4.69, 9.17) is 28.8 Å². The molecule has 0 aromatic carbocycles. The topological polar surface area (TPSA) is 113 Å². The molecule has 9 heteroatoms. The van der Waals surface area contributed by atoms with Crippen molar-refractivity contribution in [1.29, 1.82) is 0 Å². The molecule has 3 saturated heterocycles. The maximum absolute atomic E-state index is 12.3. The summed E-state index contributed by atoms with van der Waals surface area (Å²) in [6, 6.07) is 0. The first-order valence-electron chi connectivity index (χ1n) is 7.44. The third kappa shape index (κ3) is 3.20. The fourth-order valence-electron chi connectivity index (χ4n) is 3.09. The molecule has 9 nitrogen and oxygen atoms in total. The molecule has 3 rings (SSSR count). The SMILES string of the molecule is CC1(C)O[C@H]2[C@@H](O1)[C@@H](C(=O)NCC(=O)O)O[C@H]1OC(C)(C)O[C@@H]12. The minimum atomic E-state index is -1.14. The van der Waals surface area contributed by atoms with Crippen LogP contribution in [0.3, 0.4) is 0 Å². The van der Waals surface area contributed by atoms with Crippen molar-refractivity contribution in [3.8, 4) is 0 Å². The van der Waals surface area contributed by atoms with Gasteiger partial charge in [-0.05, 0) is 27.7 Å². The predicted octanol–water partition coefficient (Wildman–Crippen LogP) is -0.416. The highest BCUT2D eigenvalue weighted by molar-refractivity contribution is 5.85. The molecule has 23 heavy (non-hydrogen) atoms. The van der Waals surface area contributed by atoms with Crippen LogP contribution in [0, 0.1) is 0 Å². The second kappa shape index (κ2) is 5.38. The number of nitrogens with one attached hydrogen (secondary N) is 1. The standard InChI is InChI=1S/C14H21NO8/c1-13(2)20-7-8(21-13)10-12(23-14(3,4)22-10)19-9(7)11(18)15-5-6(16)17/h7-10,12H,5H2,1-4H3,(H,15,18)(H,16,17)/t7-,8+,9+,10-,12+/m1/s1. The van der Waals surface area contributed by atoms with E-state index in [1.807, 2.05) is 0 Å². The number of carbonyl (C=O) groups excluding carboxylic acids is 1. The van der Waals surface area contributed by atoms with E-state index in [1.54, 1.807) is 27.7 Å². The quantitative estimate of drug-likeness (QED) is 0.717. The molecule has 2 N–H and O–H groups in total. The first-order valence-corrected chi connectivity index (χ1v) is 7.44. The molecule has 1 amide bonds. The third-order valence-corrected chi connectivity index (χ3v) is 3.83. The number of hydrogen-bond acceptors (Lipinski definition) is 7. The van der Waals surface area contributed by atoms with Crippen molar-refractivity contribution in [3.05, 3.63) is 0 Å². The van der Waals surface area contributed by atoms with Crippen molar-refractivity contribution in [2.45, 2.75) is 70.0 Å². The summed E-state index contributed by atoms with van der Waals surface area (Å²) in [4.78, 5) is 22.9. The molecule has 3 heterocycles. The molecule has 3 aliphatic heterocycles. The van der Waals surface area contributed by atoms with Gasteiger partial charge in [-0.25, -0.2) is 0 Å². The molecule has 0 aromatic rings. The first-order chi connectivity index (χ1) is 10.6. The zero-order valence-corrected chi connectivity index (χ0v) is 13.4. The van der Waals surface area contributed by atoms with Crippen LogP contribution >= 0.6 is 0 Å². The normalized spacial score (nSPS) is 40.3. The molecule has 5 atom stereocenters. The monoisotopic (exact) mass is 331 g/mol. The Morgan fingerprint density at radius 1 is 0.957 bits per heavy atom. The molecule has 3 aliphatic rings. The van der Waals surface area contributed by atoms with Crippen LogP contribution in [0.5, 0.6) is 0 Å². The Bertz CT molecular complexity index is 519. The molecule has 0 radical (unpaired) electrons. The van der Waals surface area contributed by atoms with Crippen LogP contribution in [0.2, 0.25) is 0 Å². The van der Waals surface area contributed by atoms with Crippen LogP contribution in [0.4, 0.5) is 0 Å². The summed E-state index contributed by atoms with van der Waals surface area (Å²) < 4.78 is 28.8. The fraction of sp³-hybridized carbons (Fsp3) is 0.857. The van der Waals surface area contributed by atoms with Crippen LogP contribution in [0.15, 0.2) is 0 Å². The number of rotatable bonds is 3. The molecule has 0 bridgehead atoms. The van der Waals surface area contributed by atoms with E-state index in [-0.39, 0.29) is 0 Å². The highest BCUT2D eigenvalue weighted by Gasteiger charge is 2.62. The number of carboxylic acids is 1. The molecular formula is C14H21NO8. The maximum atomic E-state index is 12.3. The van der Waals surface area contributed by atoms with Gasteiger partial charge in [0.2, 0.25) is 0 Å². The van der Waals surface area contributed by atoms with Gasteiger partial charge in [0.15, 0.2) is 24.0 Å². The Morgan fingerprint density at radius 3 is 2.17 bits per heavy atom. The summed E-state index contributed by atoms with van der Waals surface area (Å²) in [6.45, 7) is 6.44. The minimum Gasteiger partial charge on any atom is -0.480 e. The first kappa shape index (κ1) is 16.6. The summed E-state index contributed by atoms with van der Waals surface area (Å²) in [6.07, 6.45) is -3.62. The van der Waals surface area contributed by atoms with Gasteiger partial charge in [-0.3, -0.25) is 9.59 Å². The number of hydrogen-bond donors (Lipinski definition) is 2. The number of ether oxygens (including phenoxy) is 5. The molecule has 0 unspecified atom stereocenters. The smallest absolute Gasteiger partial charge is 0.322 e. The fourth-order valence-corrected chi connectivity index (χ4v) is 3.09. The van der Waals surface area contributed by atoms with Crippen LogP contribution < -0.4 is 5.32 Å². The average molecular weight is 331 g/mol. The van der Waals surface area contributed by atoms with Gasteiger partial charge in [0.1, 0.15) is 24.9 Å². The molecule has 0 aromatic heterocycles. The second-order valence-electron chi connectivity index (χ2n) is 6.70. The summed E-state index contributed by atoms with van der Waals surface area (Å²) >= 11 is 0. The summed E-state index contributed by atoms with van der Waals surface area (Å²) in [7, 11) is 0. The van der Waals surface area contributed by atoms with Gasteiger partial charge >= 0.3 is 5.97 Å². The van der Waals surface area contributed by atoms with Crippen molar-refractivity contribution < 1.29 is 38.4 Å². The van der Waals surface area contributed by atoms with Gasteiger partial charge in [0, 0.05) is 0 Å². The van der Waals surface area contributed by atoms with Crippen LogP contribution in [0.25, 0.3) is 0 Å². The lowest BCUT2D eigenvalue weighted by atomic mass is 9.98. The molecule has 3 fully saturated rings. The lowest BCUT2D eigenvalue weighted by Crippen LogP contribution is -2.59. The zero-order chi connectivity index (χ0) is 17.0. The summed E-state index contributed by atoms with van der Waals surface area (Å²) in [5.74, 6) is -3.51. The van der Waals surface area contributed by atoms with E-state index >= 15 is 0 Å². The average Bonchev–Trinajstić information content (AvgIpc) is 2.89. The zero-order valence-electron chi connectivity index (χ0n) is 13.4. The Labute approximate surface area is 133 Å². The number of fused-ring (bicyclic) bond motifs is 3. The van der Waals surface area contributed by atoms with Crippen molar-refractivity contribution in [1.82, 2.24) is 5.32 Å². The van der Waals surface area contributed by atoms with Gasteiger partial charge < -0.3 is 34.1 Å². The lowest BCUT2D eigenvalue weighted by molar-refractivity contribution is -0.231. The van der Waals surface area contributed by atoms with Crippen molar-refractivity contribution in [2.75, 3.05) is 6.54 Å². The molecule has 0 aliphatic carbocycles. The van der Waals surface area contributed by atoms with E-state index in [1.165, 1.54) is 0 Å².